The standard InChI is InChI=1S/C19H19BrO/c1-2-13-5-3-4-6-15(13)11-16-8-7-14-9-10-17(20)12-18(14)19(16)21/h3-6,9-10,12,16H,2,7-8,11H2,1H3/t16-/m1/s1. The van der Waals surface area contributed by atoms with E-state index in [2.05, 4.69) is 53.2 Å². The highest BCUT2D eigenvalue weighted by Crippen LogP contribution is 2.30. The molecule has 1 atom stereocenters. The Morgan fingerprint density at radius 3 is 2.67 bits per heavy atom. The van der Waals surface area contributed by atoms with Crippen molar-refractivity contribution in [2.75, 3.05) is 0 Å². The van der Waals surface area contributed by atoms with Gasteiger partial charge in [-0.05, 0) is 54.5 Å². The fourth-order valence-corrected chi connectivity index (χ4v) is 3.60. The third-order valence-corrected chi connectivity index (χ3v) is 4.93. The number of ketones is 1. The molecule has 0 spiro atoms. The Labute approximate surface area is 134 Å². The zero-order valence-corrected chi connectivity index (χ0v) is 13.8. The molecular weight excluding hydrogens is 324 g/mol. The normalized spacial score (nSPS) is 17.6. The second-order valence-corrected chi connectivity index (χ2v) is 6.64. The molecule has 2 heteroatoms. The SMILES string of the molecule is CCc1ccccc1C[C@H]1CCc2ccc(Br)cc2C1=O. The van der Waals surface area contributed by atoms with Crippen LogP contribution in [0.25, 0.3) is 0 Å². The second kappa shape index (κ2) is 6.15. The smallest absolute Gasteiger partial charge is 0.166 e. The Morgan fingerprint density at radius 1 is 1.14 bits per heavy atom. The second-order valence-electron chi connectivity index (χ2n) is 5.73. The molecule has 1 aliphatic carbocycles. The Balaban J connectivity index is 1.87. The van der Waals surface area contributed by atoms with E-state index in [0.29, 0.717) is 5.78 Å². The molecule has 21 heavy (non-hydrogen) atoms. The minimum atomic E-state index is 0.125. The lowest BCUT2D eigenvalue weighted by Gasteiger charge is -2.24. The van der Waals surface area contributed by atoms with E-state index < -0.39 is 0 Å². The van der Waals surface area contributed by atoms with Crippen molar-refractivity contribution in [1.29, 1.82) is 0 Å². The minimum absolute atomic E-state index is 0.125. The summed E-state index contributed by atoms with van der Waals surface area (Å²) in [5.74, 6) is 0.433. The van der Waals surface area contributed by atoms with Gasteiger partial charge in [-0.2, -0.15) is 0 Å². The number of carbonyl (C=O) groups excluding carboxylic acids is 1. The molecule has 2 aromatic rings. The molecule has 0 bridgehead atoms. The largest absolute Gasteiger partial charge is 0.294 e. The fraction of sp³-hybridized carbons (Fsp3) is 0.316. The van der Waals surface area contributed by atoms with Crippen LogP contribution in [0.1, 0.15) is 40.4 Å². The highest BCUT2D eigenvalue weighted by molar-refractivity contribution is 9.10. The summed E-state index contributed by atoms with van der Waals surface area (Å²) < 4.78 is 0.990. The summed E-state index contributed by atoms with van der Waals surface area (Å²) in [5, 5.41) is 0. The number of benzene rings is 2. The van der Waals surface area contributed by atoms with Gasteiger partial charge in [0.2, 0.25) is 0 Å². The van der Waals surface area contributed by atoms with Crippen molar-refractivity contribution in [1.82, 2.24) is 0 Å². The van der Waals surface area contributed by atoms with Crippen molar-refractivity contribution in [3.05, 3.63) is 69.2 Å². The van der Waals surface area contributed by atoms with Gasteiger partial charge in [0.25, 0.3) is 0 Å². The first-order valence-corrected chi connectivity index (χ1v) is 8.37. The lowest BCUT2D eigenvalue weighted by Crippen LogP contribution is -2.24. The van der Waals surface area contributed by atoms with Crippen molar-refractivity contribution < 1.29 is 4.79 Å². The number of hydrogen-bond donors (Lipinski definition) is 0. The Kier molecular flexibility index (Phi) is 4.25. The summed E-state index contributed by atoms with van der Waals surface area (Å²) in [4.78, 5) is 12.8. The van der Waals surface area contributed by atoms with Crippen LogP contribution in [0.4, 0.5) is 0 Å². The maximum Gasteiger partial charge on any atom is 0.166 e. The van der Waals surface area contributed by atoms with Gasteiger partial charge in [-0.15, -0.1) is 0 Å². The molecule has 0 saturated heterocycles. The monoisotopic (exact) mass is 342 g/mol. The average molecular weight is 343 g/mol. The van der Waals surface area contributed by atoms with Gasteiger partial charge in [0.05, 0.1) is 0 Å². The van der Waals surface area contributed by atoms with Crippen LogP contribution in [0.15, 0.2) is 46.9 Å². The van der Waals surface area contributed by atoms with E-state index in [9.17, 15) is 4.79 Å². The molecule has 1 aliphatic rings. The average Bonchev–Trinajstić information content (AvgIpc) is 2.51. The van der Waals surface area contributed by atoms with E-state index in [-0.39, 0.29) is 5.92 Å². The number of fused-ring (bicyclic) bond motifs is 1. The molecule has 3 rings (SSSR count). The quantitative estimate of drug-likeness (QED) is 0.767. The number of Topliss-reactive ketones (excluding diaryl/α,β-unsaturated/α-hetero) is 1. The van der Waals surface area contributed by atoms with Gasteiger partial charge in [0.1, 0.15) is 0 Å². The van der Waals surface area contributed by atoms with Gasteiger partial charge >= 0.3 is 0 Å². The third kappa shape index (κ3) is 2.96. The van der Waals surface area contributed by atoms with Gasteiger partial charge in [0.15, 0.2) is 5.78 Å². The molecule has 0 aromatic heterocycles. The Morgan fingerprint density at radius 2 is 1.90 bits per heavy atom. The van der Waals surface area contributed by atoms with E-state index >= 15 is 0 Å². The molecule has 0 unspecified atom stereocenters. The summed E-state index contributed by atoms with van der Waals surface area (Å²) in [7, 11) is 0. The summed E-state index contributed by atoms with van der Waals surface area (Å²) in [6.45, 7) is 2.17. The number of carbonyl (C=O) groups is 1. The first kappa shape index (κ1) is 14.5. The van der Waals surface area contributed by atoms with Crippen LogP contribution in [0.5, 0.6) is 0 Å². The van der Waals surface area contributed by atoms with Gasteiger partial charge in [-0.1, -0.05) is 53.2 Å². The van der Waals surface area contributed by atoms with Crippen LogP contribution in [-0.2, 0) is 19.3 Å². The maximum absolute atomic E-state index is 12.8. The number of hydrogen-bond acceptors (Lipinski definition) is 1. The van der Waals surface area contributed by atoms with Crippen LogP contribution in [0, 0.1) is 5.92 Å². The summed E-state index contributed by atoms with van der Waals surface area (Å²) >= 11 is 3.48. The Bertz CT molecular complexity index is 675. The van der Waals surface area contributed by atoms with Gasteiger partial charge in [-0.3, -0.25) is 4.79 Å². The van der Waals surface area contributed by atoms with Crippen molar-refractivity contribution in [2.24, 2.45) is 5.92 Å². The molecule has 0 aliphatic heterocycles. The third-order valence-electron chi connectivity index (χ3n) is 4.44. The molecule has 0 radical (unpaired) electrons. The number of halogens is 1. The molecule has 0 fully saturated rings. The number of aryl methyl sites for hydroxylation is 2. The van der Waals surface area contributed by atoms with Crippen molar-refractivity contribution in [3.63, 3.8) is 0 Å². The highest BCUT2D eigenvalue weighted by atomic mass is 79.9. The lowest BCUT2D eigenvalue weighted by atomic mass is 9.79. The van der Waals surface area contributed by atoms with Crippen molar-refractivity contribution in [2.45, 2.75) is 32.6 Å². The first-order valence-electron chi connectivity index (χ1n) is 7.58. The van der Waals surface area contributed by atoms with E-state index in [1.54, 1.807) is 0 Å². The molecule has 0 heterocycles. The van der Waals surface area contributed by atoms with E-state index in [1.807, 2.05) is 12.1 Å². The fourth-order valence-electron chi connectivity index (χ4n) is 3.24. The molecule has 108 valence electrons. The molecule has 2 aromatic carbocycles. The molecule has 0 saturated carbocycles. The Hall–Kier alpha value is -1.41. The predicted molar refractivity (Wildman–Crippen MR) is 89.8 cm³/mol. The van der Waals surface area contributed by atoms with E-state index in [1.165, 1.54) is 16.7 Å². The molecule has 1 nitrogen and oxygen atoms in total. The van der Waals surface area contributed by atoms with Gasteiger partial charge < -0.3 is 0 Å². The van der Waals surface area contributed by atoms with Crippen LogP contribution in [-0.4, -0.2) is 5.78 Å². The van der Waals surface area contributed by atoms with Crippen molar-refractivity contribution in [3.8, 4) is 0 Å². The van der Waals surface area contributed by atoms with Crippen LogP contribution < -0.4 is 0 Å². The molecule has 0 amide bonds. The van der Waals surface area contributed by atoms with Crippen LogP contribution in [0.3, 0.4) is 0 Å². The van der Waals surface area contributed by atoms with Crippen LogP contribution in [0.2, 0.25) is 0 Å². The molecule has 0 N–H and O–H groups in total. The summed E-state index contributed by atoms with van der Waals surface area (Å²) in [6.07, 6.45) is 3.87. The minimum Gasteiger partial charge on any atom is -0.294 e. The zero-order chi connectivity index (χ0) is 14.8. The maximum atomic E-state index is 12.8. The van der Waals surface area contributed by atoms with Crippen molar-refractivity contribution >= 4 is 21.7 Å². The van der Waals surface area contributed by atoms with Gasteiger partial charge in [-0.25, -0.2) is 0 Å². The highest BCUT2D eigenvalue weighted by Gasteiger charge is 2.27. The number of rotatable bonds is 3. The summed E-state index contributed by atoms with van der Waals surface area (Å²) in [6, 6.07) is 14.6. The van der Waals surface area contributed by atoms with Crippen LogP contribution >= 0.6 is 15.9 Å². The summed E-state index contributed by atoms with van der Waals surface area (Å²) in [5.41, 5.74) is 4.81. The zero-order valence-electron chi connectivity index (χ0n) is 12.2. The predicted octanol–water partition coefficient (Wildman–Crippen LogP) is 5.00. The lowest BCUT2D eigenvalue weighted by molar-refractivity contribution is 0.0901. The van der Waals surface area contributed by atoms with E-state index in [0.717, 1.165) is 35.7 Å². The molecular formula is C19H19BrO. The first-order chi connectivity index (χ1) is 10.2. The van der Waals surface area contributed by atoms with E-state index in [4.69, 9.17) is 0 Å². The van der Waals surface area contributed by atoms with Gasteiger partial charge in [0, 0.05) is 16.0 Å². The topological polar surface area (TPSA) is 17.1 Å².